The zero-order chi connectivity index (χ0) is 41.1. The van der Waals surface area contributed by atoms with E-state index in [1.165, 1.54) is 0 Å². The highest BCUT2D eigenvalue weighted by atomic mass is 31.2. The molecule has 0 radical (unpaired) electrons. The van der Waals surface area contributed by atoms with Crippen molar-refractivity contribution in [1.29, 1.82) is 0 Å². The van der Waals surface area contributed by atoms with Crippen molar-refractivity contribution in [3.63, 3.8) is 0 Å². The molecule has 0 amide bonds. The van der Waals surface area contributed by atoms with Crippen LogP contribution < -0.4 is 0 Å². The van der Waals surface area contributed by atoms with Gasteiger partial charge in [-0.2, -0.15) is 0 Å². The molecule has 1 heterocycles. The second kappa shape index (κ2) is 18.7. The van der Waals surface area contributed by atoms with E-state index < -0.39 is 161 Å². The summed E-state index contributed by atoms with van der Waals surface area (Å²) in [6.07, 6.45) is -6.36. The molecule has 0 spiro atoms. The van der Waals surface area contributed by atoms with Gasteiger partial charge < -0.3 is 78.3 Å². The second-order valence-corrected chi connectivity index (χ2v) is 25.7. The van der Waals surface area contributed by atoms with Crippen molar-refractivity contribution in [1.82, 2.24) is 19.6 Å². The molecule has 0 aromatic carbocycles. The van der Waals surface area contributed by atoms with Gasteiger partial charge in [-0.3, -0.25) is 56.1 Å². The van der Waals surface area contributed by atoms with Gasteiger partial charge in [-0.15, -0.1) is 0 Å². The van der Waals surface area contributed by atoms with Gasteiger partial charge in [0.15, 0.2) is 0 Å². The van der Waals surface area contributed by atoms with Gasteiger partial charge in [0.25, 0.3) is 0 Å². The first-order valence-electron chi connectivity index (χ1n) is 14.2. The van der Waals surface area contributed by atoms with Crippen molar-refractivity contribution >= 4 is 60.8 Å². The molecular formula is C16H44N4O24P8. The molecular weight excluding hydrogens is 880 g/mol. The van der Waals surface area contributed by atoms with Gasteiger partial charge in [-0.05, 0) is 0 Å². The number of nitrogens with zero attached hydrogens (tertiary/aromatic N) is 4. The Labute approximate surface area is 295 Å². The first-order valence-corrected chi connectivity index (χ1v) is 28.1. The maximum absolute atomic E-state index is 12.5. The monoisotopic (exact) mass is 924 g/mol. The molecule has 312 valence electrons. The van der Waals surface area contributed by atoms with E-state index in [4.69, 9.17) is 0 Å². The largest absolute Gasteiger partial charge is 0.343 e. The number of hydrogen-bond acceptors (Lipinski definition) is 12. The van der Waals surface area contributed by atoms with Gasteiger partial charge in [-0.25, -0.2) is 0 Å². The van der Waals surface area contributed by atoms with Gasteiger partial charge in [-0.1, -0.05) is 0 Å². The Hall–Kier alpha value is 1.04. The van der Waals surface area contributed by atoms with E-state index in [0.717, 1.165) is 0 Å². The van der Waals surface area contributed by atoms with Crippen LogP contribution in [0.1, 0.15) is 0 Å². The molecule has 0 aliphatic carbocycles. The fraction of sp³-hybridized carbons (Fsp3) is 1.00. The lowest BCUT2D eigenvalue weighted by Gasteiger charge is -2.42. The van der Waals surface area contributed by atoms with Crippen molar-refractivity contribution in [3.8, 4) is 0 Å². The van der Waals surface area contributed by atoms with Crippen LogP contribution >= 0.6 is 60.8 Å². The molecule has 0 bridgehead atoms. The molecule has 1 rings (SSSR count). The van der Waals surface area contributed by atoms with Gasteiger partial charge >= 0.3 is 60.8 Å². The van der Waals surface area contributed by atoms with Crippen LogP contribution in [0.25, 0.3) is 0 Å². The molecule has 1 fully saturated rings. The molecule has 4 unspecified atom stereocenters. The molecule has 52 heavy (non-hydrogen) atoms. The van der Waals surface area contributed by atoms with Crippen molar-refractivity contribution in [3.05, 3.63) is 0 Å². The highest BCUT2D eigenvalue weighted by Crippen LogP contribution is 2.54. The van der Waals surface area contributed by atoms with Crippen LogP contribution in [-0.4, -0.2) is 198 Å². The predicted octanol–water partition coefficient (Wildman–Crippen LogP) is -4.07. The minimum atomic E-state index is -5.63. The summed E-state index contributed by atoms with van der Waals surface area (Å²) < 4.78 is 97.7. The van der Waals surface area contributed by atoms with Crippen LogP contribution in [-0.2, 0) is 36.5 Å². The Balaban J connectivity index is 4.09. The molecule has 1 aliphatic heterocycles. The van der Waals surface area contributed by atoms with Gasteiger partial charge in [0.1, 0.15) is 23.1 Å². The number of rotatable bonds is 16. The van der Waals surface area contributed by atoms with Gasteiger partial charge in [0, 0.05) is 52.4 Å². The summed E-state index contributed by atoms with van der Waals surface area (Å²) in [6.45, 7) is -7.41. The Morgan fingerprint density at radius 1 is 0.288 bits per heavy atom. The fourth-order valence-corrected chi connectivity index (χ4v) is 16.5. The highest BCUT2D eigenvalue weighted by molar-refractivity contribution is 7.58. The van der Waals surface area contributed by atoms with E-state index in [1.807, 2.05) is 0 Å². The van der Waals surface area contributed by atoms with Crippen LogP contribution in [0.2, 0.25) is 0 Å². The molecule has 16 N–H and O–H groups in total. The van der Waals surface area contributed by atoms with Crippen molar-refractivity contribution in [2.75, 3.05) is 77.0 Å². The lowest BCUT2D eigenvalue weighted by Crippen LogP contribution is -2.54. The molecule has 28 nitrogen and oxygen atoms in total. The summed E-state index contributed by atoms with van der Waals surface area (Å²) in [4.78, 5) is 160. The maximum atomic E-state index is 12.5. The van der Waals surface area contributed by atoms with E-state index in [2.05, 4.69) is 0 Å². The molecule has 0 saturated carbocycles. The zero-order valence-corrected chi connectivity index (χ0v) is 33.7. The average Bonchev–Trinajstić information content (AvgIpc) is 2.85. The molecule has 0 aromatic rings. The Bertz CT molecular complexity index is 1340. The van der Waals surface area contributed by atoms with Crippen LogP contribution in [0.5, 0.6) is 0 Å². The van der Waals surface area contributed by atoms with E-state index >= 15 is 0 Å². The van der Waals surface area contributed by atoms with Crippen LogP contribution in [0.4, 0.5) is 0 Å². The lowest BCUT2D eigenvalue weighted by molar-refractivity contribution is 0.101. The SMILES string of the molecule is O=P(O)(O)CC(N1CCN(C(CP(=O)(O)O)P(=O)(O)O)CCN(C(CP(=O)(O)O)P(=O)(O)O)CCN(C(CP(=O)(O)O)P(=O)(O)O)CC1)P(=O)(O)O. The third kappa shape index (κ3) is 19.5. The van der Waals surface area contributed by atoms with Crippen LogP contribution in [0.15, 0.2) is 0 Å². The fourth-order valence-electron chi connectivity index (χ4n) is 5.26. The summed E-state index contributed by atoms with van der Waals surface area (Å²) in [5.74, 6) is -9.82. The summed E-state index contributed by atoms with van der Waals surface area (Å²) in [7, 11) is -43.9. The van der Waals surface area contributed by atoms with Gasteiger partial charge in [0.05, 0.1) is 24.6 Å². The minimum absolute atomic E-state index is 0.591. The third-order valence-corrected chi connectivity index (χ3v) is 17.1. The topological polar surface area (TPSA) is 473 Å². The lowest BCUT2D eigenvalue weighted by atomic mass is 10.3. The first-order chi connectivity index (χ1) is 22.8. The summed E-state index contributed by atoms with van der Waals surface area (Å²) in [5.41, 5.74) is 0. The Morgan fingerprint density at radius 2 is 0.404 bits per heavy atom. The third-order valence-electron chi connectivity index (χ3n) is 7.54. The molecule has 0 aromatic heterocycles. The minimum Gasteiger partial charge on any atom is -0.324 e. The molecule has 1 saturated heterocycles. The quantitative estimate of drug-likeness (QED) is 0.0655. The van der Waals surface area contributed by atoms with E-state index in [-0.39, 0.29) is 0 Å². The van der Waals surface area contributed by atoms with E-state index in [1.54, 1.807) is 0 Å². The summed E-state index contributed by atoms with van der Waals surface area (Å²) in [6, 6.07) is 0. The van der Waals surface area contributed by atoms with E-state index in [0.29, 0.717) is 19.6 Å². The Kier molecular flexibility index (Phi) is 18.4. The second-order valence-electron chi connectivity index (χ2n) is 11.8. The maximum Gasteiger partial charge on any atom is 0.343 e. The molecule has 1 aliphatic rings. The zero-order valence-electron chi connectivity index (χ0n) is 26.6. The smallest absolute Gasteiger partial charge is 0.324 e. The van der Waals surface area contributed by atoms with Crippen molar-refractivity contribution < 1.29 is 115 Å². The van der Waals surface area contributed by atoms with Crippen molar-refractivity contribution in [2.24, 2.45) is 0 Å². The summed E-state index contributed by atoms with van der Waals surface area (Å²) >= 11 is 0. The van der Waals surface area contributed by atoms with E-state index in [9.17, 15) is 115 Å². The average molecular weight is 924 g/mol. The Morgan fingerprint density at radius 3 is 0.481 bits per heavy atom. The standard InChI is InChI=1S/C16H44N4O24P8/c21-45(22,23)9-13(49(33,34)35)17-1-2-18(14(50(36,37)38)10-46(24,25)26)5-6-20(16(52(42,43)44)12-48(30,31)32)8-7-19(4-3-17)15(51(39,40)41)11-47(27,28)29/h13-16H,1-12H2,(H2,21,22,23)(H2,24,25,26)(H2,27,28,29)(H2,30,31,32)(H2,33,34,35)(H2,36,37,38)(H2,39,40,41)(H2,42,43,44). The summed E-state index contributed by atoms with van der Waals surface area (Å²) in [5, 5.41) is 0. The first kappa shape index (κ1) is 51.1. The van der Waals surface area contributed by atoms with Crippen LogP contribution in [0.3, 0.4) is 0 Å². The van der Waals surface area contributed by atoms with Crippen molar-refractivity contribution in [2.45, 2.75) is 23.1 Å². The van der Waals surface area contributed by atoms with Crippen LogP contribution in [0, 0.1) is 0 Å². The number of hydrogen-bond donors (Lipinski definition) is 16. The normalized spacial score (nSPS) is 21.5. The molecule has 4 atom stereocenters. The highest BCUT2D eigenvalue weighted by Gasteiger charge is 2.46. The van der Waals surface area contributed by atoms with Gasteiger partial charge in [0.2, 0.25) is 0 Å². The molecule has 36 heteroatoms. The predicted molar refractivity (Wildman–Crippen MR) is 177 cm³/mol.